The summed E-state index contributed by atoms with van der Waals surface area (Å²) in [6.07, 6.45) is -1.94. The summed E-state index contributed by atoms with van der Waals surface area (Å²) in [5.41, 5.74) is -1.37. The second kappa shape index (κ2) is 9.72. The highest BCUT2D eigenvalue weighted by Gasteiger charge is 2.37. The van der Waals surface area contributed by atoms with E-state index in [0.717, 1.165) is 17.3 Å². The minimum atomic E-state index is -4.74. The topological polar surface area (TPSA) is 108 Å². The number of aromatic amines is 1. The number of pyridine rings is 2. The summed E-state index contributed by atoms with van der Waals surface area (Å²) >= 11 is 0. The van der Waals surface area contributed by atoms with E-state index in [4.69, 9.17) is 4.74 Å². The normalized spacial score (nSPS) is 18.6. The molecule has 0 aliphatic carbocycles. The second-order valence-electron chi connectivity index (χ2n) is 8.34. The molecule has 15 heteroatoms. The van der Waals surface area contributed by atoms with Crippen molar-refractivity contribution >= 4 is 28.4 Å². The molecule has 0 aromatic carbocycles. The fourth-order valence-electron chi connectivity index (χ4n) is 4.16. The SMILES string of the molecule is CN(C(=O)Nc1cc(C(F)(F)F)cn(C)c1=O)[C@H]1CCN(c2cnc3[nH]ncc3c2)C[C@@H]1OC(F)F. The molecule has 0 radical (unpaired) electrons. The quantitative estimate of drug-likeness (QED) is 0.506. The van der Waals surface area contributed by atoms with Crippen LogP contribution in [0.5, 0.6) is 0 Å². The van der Waals surface area contributed by atoms with E-state index in [2.05, 4.69) is 20.5 Å². The number of halogens is 5. The molecule has 1 saturated heterocycles. The van der Waals surface area contributed by atoms with E-state index in [1.807, 2.05) is 0 Å². The molecular weight excluding hydrogens is 493 g/mol. The van der Waals surface area contributed by atoms with Gasteiger partial charge in [-0.25, -0.2) is 9.78 Å². The van der Waals surface area contributed by atoms with Crippen LogP contribution in [-0.2, 0) is 18.0 Å². The molecule has 3 aromatic rings. The Balaban J connectivity index is 1.52. The first-order chi connectivity index (χ1) is 16.9. The zero-order chi connectivity index (χ0) is 26.2. The number of carbonyl (C=O) groups is 1. The maximum Gasteiger partial charge on any atom is 0.417 e. The van der Waals surface area contributed by atoms with Crippen molar-refractivity contribution in [2.24, 2.45) is 7.05 Å². The second-order valence-corrected chi connectivity index (χ2v) is 8.34. The first kappa shape index (κ1) is 25.3. The molecule has 1 aliphatic rings. The van der Waals surface area contributed by atoms with Gasteiger partial charge in [0, 0.05) is 38.8 Å². The summed E-state index contributed by atoms with van der Waals surface area (Å²) in [4.78, 5) is 32.2. The van der Waals surface area contributed by atoms with E-state index >= 15 is 0 Å². The number of alkyl halides is 5. The first-order valence-corrected chi connectivity index (χ1v) is 10.7. The third-order valence-corrected chi connectivity index (χ3v) is 6.01. The summed E-state index contributed by atoms with van der Waals surface area (Å²) in [5.74, 6) is 0. The summed E-state index contributed by atoms with van der Waals surface area (Å²) in [6.45, 7) is -2.79. The lowest BCUT2D eigenvalue weighted by atomic mass is 10.00. The van der Waals surface area contributed by atoms with Gasteiger partial charge in [-0.15, -0.1) is 0 Å². The zero-order valence-corrected chi connectivity index (χ0v) is 19.1. The van der Waals surface area contributed by atoms with Crippen molar-refractivity contribution in [1.82, 2.24) is 24.6 Å². The number of ether oxygens (including phenoxy) is 1. The number of amides is 2. The molecule has 2 amide bonds. The number of hydrogen-bond donors (Lipinski definition) is 2. The number of carbonyl (C=O) groups excluding carboxylic acids is 1. The van der Waals surface area contributed by atoms with Crippen LogP contribution in [0, 0.1) is 0 Å². The van der Waals surface area contributed by atoms with Gasteiger partial charge in [-0.2, -0.15) is 27.1 Å². The number of urea groups is 1. The highest BCUT2D eigenvalue weighted by Crippen LogP contribution is 2.30. The van der Waals surface area contributed by atoms with Gasteiger partial charge in [0.2, 0.25) is 0 Å². The minimum Gasteiger partial charge on any atom is -0.367 e. The number of H-pyrrole nitrogens is 1. The monoisotopic (exact) mass is 515 g/mol. The smallest absolute Gasteiger partial charge is 0.367 e. The van der Waals surface area contributed by atoms with Gasteiger partial charge in [0.25, 0.3) is 5.56 Å². The Bertz CT molecular complexity index is 1310. The summed E-state index contributed by atoms with van der Waals surface area (Å²) in [7, 11) is 2.42. The molecule has 0 bridgehead atoms. The van der Waals surface area contributed by atoms with E-state index in [9.17, 15) is 31.5 Å². The van der Waals surface area contributed by atoms with Crippen molar-refractivity contribution in [3.8, 4) is 0 Å². The van der Waals surface area contributed by atoms with Crippen molar-refractivity contribution in [3.05, 3.63) is 46.6 Å². The number of aryl methyl sites for hydroxylation is 1. The molecule has 1 fully saturated rings. The average Bonchev–Trinajstić information content (AvgIpc) is 3.28. The predicted molar refractivity (Wildman–Crippen MR) is 119 cm³/mol. The van der Waals surface area contributed by atoms with Crippen LogP contribution in [-0.4, -0.2) is 69.6 Å². The average molecular weight is 515 g/mol. The molecular formula is C21H22F5N7O3. The molecule has 0 unspecified atom stereocenters. The van der Waals surface area contributed by atoms with Gasteiger partial charge in [0.05, 0.1) is 29.7 Å². The summed E-state index contributed by atoms with van der Waals surface area (Å²) in [6, 6.07) is 0.526. The summed E-state index contributed by atoms with van der Waals surface area (Å²) < 4.78 is 71.4. The number of nitrogens with zero attached hydrogens (tertiary/aromatic N) is 5. The van der Waals surface area contributed by atoms with Crippen LogP contribution >= 0.6 is 0 Å². The van der Waals surface area contributed by atoms with Gasteiger partial charge in [0.1, 0.15) is 11.8 Å². The third-order valence-electron chi connectivity index (χ3n) is 6.01. The van der Waals surface area contributed by atoms with Crippen LogP contribution in [0.2, 0.25) is 0 Å². The van der Waals surface area contributed by atoms with Crippen LogP contribution in [0.4, 0.5) is 38.1 Å². The Labute approximate surface area is 200 Å². The standard InChI is InChI=1S/C21H22F5N7O3/c1-31-9-12(21(24,25)26)6-14(18(31)34)29-20(35)32(2)15-3-4-33(10-16(15)36-19(22)23)13-5-11-7-28-30-17(11)27-8-13/h5-9,15-16,19H,3-4,10H2,1-2H3,(H,29,35)(H,27,28,30)/t15-,16-/m0/s1. The van der Waals surface area contributed by atoms with Crippen molar-refractivity contribution in [2.75, 3.05) is 30.4 Å². The van der Waals surface area contributed by atoms with Crippen LogP contribution in [0.15, 0.2) is 35.5 Å². The van der Waals surface area contributed by atoms with Crippen molar-refractivity contribution in [2.45, 2.75) is 31.4 Å². The third kappa shape index (κ3) is 5.24. The highest BCUT2D eigenvalue weighted by atomic mass is 19.4. The van der Waals surface area contributed by atoms with Crippen LogP contribution in [0.1, 0.15) is 12.0 Å². The molecule has 10 nitrogen and oxygen atoms in total. The number of rotatable bonds is 5. The fraction of sp³-hybridized carbons (Fsp3) is 0.429. The van der Waals surface area contributed by atoms with Crippen molar-refractivity contribution in [3.63, 3.8) is 0 Å². The van der Waals surface area contributed by atoms with Crippen molar-refractivity contribution in [1.29, 1.82) is 0 Å². The maximum absolute atomic E-state index is 13.2. The molecule has 194 valence electrons. The number of anilines is 2. The molecule has 4 heterocycles. The minimum absolute atomic E-state index is 0.0109. The molecule has 0 spiro atoms. The van der Waals surface area contributed by atoms with E-state index in [1.54, 1.807) is 23.4 Å². The molecule has 2 atom stereocenters. The first-order valence-electron chi connectivity index (χ1n) is 10.7. The van der Waals surface area contributed by atoms with Gasteiger partial charge < -0.3 is 24.4 Å². The number of fused-ring (bicyclic) bond motifs is 1. The Kier molecular flexibility index (Phi) is 6.84. The molecule has 1 aliphatic heterocycles. The number of nitrogens with one attached hydrogen (secondary N) is 2. The molecule has 4 rings (SSSR count). The Morgan fingerprint density at radius 3 is 2.75 bits per heavy atom. The van der Waals surface area contributed by atoms with Crippen LogP contribution < -0.4 is 15.8 Å². The predicted octanol–water partition coefficient (Wildman–Crippen LogP) is 3.03. The Morgan fingerprint density at radius 1 is 1.31 bits per heavy atom. The lowest BCUT2D eigenvalue weighted by Gasteiger charge is -2.42. The van der Waals surface area contributed by atoms with Crippen LogP contribution in [0.3, 0.4) is 0 Å². The van der Waals surface area contributed by atoms with Gasteiger partial charge >= 0.3 is 18.8 Å². The molecule has 36 heavy (non-hydrogen) atoms. The Morgan fingerprint density at radius 2 is 2.06 bits per heavy atom. The van der Waals surface area contributed by atoms with Gasteiger partial charge in [-0.3, -0.25) is 9.89 Å². The molecule has 2 N–H and O–H groups in total. The van der Waals surface area contributed by atoms with E-state index < -0.39 is 47.8 Å². The lowest BCUT2D eigenvalue weighted by molar-refractivity contribution is -0.176. The van der Waals surface area contributed by atoms with Gasteiger partial charge in [-0.1, -0.05) is 0 Å². The lowest BCUT2D eigenvalue weighted by Crippen LogP contribution is -2.57. The van der Waals surface area contributed by atoms with E-state index in [-0.39, 0.29) is 13.0 Å². The van der Waals surface area contributed by atoms with E-state index in [1.165, 1.54) is 7.05 Å². The Hall–Kier alpha value is -3.75. The molecule has 3 aromatic heterocycles. The number of aromatic nitrogens is 4. The van der Waals surface area contributed by atoms with Crippen molar-refractivity contribution < 1.29 is 31.5 Å². The zero-order valence-electron chi connectivity index (χ0n) is 19.1. The largest absolute Gasteiger partial charge is 0.417 e. The summed E-state index contributed by atoms with van der Waals surface area (Å²) in [5, 5.41) is 9.50. The van der Waals surface area contributed by atoms with Gasteiger partial charge in [-0.05, 0) is 18.6 Å². The van der Waals surface area contributed by atoms with Gasteiger partial charge in [0.15, 0.2) is 5.65 Å². The van der Waals surface area contributed by atoms with Crippen LogP contribution in [0.25, 0.3) is 11.0 Å². The number of piperidine rings is 1. The number of hydrogen-bond acceptors (Lipinski definition) is 6. The highest BCUT2D eigenvalue weighted by molar-refractivity contribution is 5.89. The number of likely N-dealkylation sites (N-methyl/N-ethyl adjacent to an activating group) is 1. The maximum atomic E-state index is 13.2. The van der Waals surface area contributed by atoms with E-state index in [0.29, 0.717) is 34.7 Å². The molecule has 0 saturated carbocycles. The fourth-order valence-corrected chi connectivity index (χ4v) is 4.16.